The molecule has 210 valence electrons. The van der Waals surface area contributed by atoms with Gasteiger partial charge < -0.3 is 78.2 Å². The first-order chi connectivity index (χ1) is 16.9. The smallest absolute Gasteiger partial charge is 0.198 e. The zero-order valence-corrected chi connectivity index (χ0v) is 20.1. The first kappa shape index (κ1) is 30.8. The van der Waals surface area contributed by atoms with Crippen LogP contribution in [-0.2, 0) is 14.2 Å². The Kier molecular flexibility index (Phi) is 11.9. The number of ether oxygens (including phenoxy) is 3. The molecule has 0 aromatic carbocycles. The lowest BCUT2D eigenvalue weighted by molar-refractivity contribution is -0.308. The molecule has 2 aliphatic rings. The lowest BCUT2D eigenvalue weighted by Crippen LogP contribution is -2.63. The van der Waals surface area contributed by atoms with E-state index in [1.54, 1.807) is 6.08 Å². The highest BCUT2D eigenvalue weighted by molar-refractivity contribution is 5.06. The van der Waals surface area contributed by atoms with Crippen LogP contribution in [0.4, 0.5) is 0 Å². The van der Waals surface area contributed by atoms with Gasteiger partial charge in [0, 0.05) is 19.1 Å². The van der Waals surface area contributed by atoms with Crippen LogP contribution in [0.2, 0.25) is 0 Å². The molecule has 16 N–H and O–H groups in total. The van der Waals surface area contributed by atoms with Crippen molar-refractivity contribution in [2.45, 2.75) is 92.9 Å². The Bertz CT molecular complexity index is 744. The SMILES string of the molecule is CN/C(=C\CC/C=C(/N)[C@H](O)O[C@@H]1C(N)C[C@@H](N)C(O)C1O)C(O)O[C@H]1OC(CO)[C@@H](N)[C@H](O)C1O. The van der Waals surface area contributed by atoms with Crippen LogP contribution in [0, 0.1) is 0 Å². The Hall–Kier alpha value is -1.44. The van der Waals surface area contributed by atoms with Crippen molar-refractivity contribution < 1.29 is 50.0 Å². The number of rotatable bonds is 11. The summed E-state index contributed by atoms with van der Waals surface area (Å²) >= 11 is 0. The van der Waals surface area contributed by atoms with Gasteiger partial charge in [0.05, 0.1) is 30.1 Å². The van der Waals surface area contributed by atoms with Crippen molar-refractivity contribution in [1.29, 1.82) is 0 Å². The van der Waals surface area contributed by atoms with Crippen LogP contribution in [0.15, 0.2) is 23.5 Å². The number of allylic oxidation sites excluding steroid dienone is 2. The number of nitrogens with two attached hydrogens (primary N) is 4. The number of aliphatic hydroxyl groups excluding tert-OH is 7. The van der Waals surface area contributed by atoms with Crippen LogP contribution in [-0.4, -0.2) is 123 Å². The van der Waals surface area contributed by atoms with E-state index in [0.717, 1.165) is 0 Å². The topological polar surface area (TPSA) is 285 Å². The van der Waals surface area contributed by atoms with E-state index in [4.69, 9.17) is 37.1 Å². The van der Waals surface area contributed by atoms with Crippen molar-refractivity contribution in [1.82, 2.24) is 5.32 Å². The average Bonchev–Trinajstić information content (AvgIpc) is 2.85. The molecule has 2 fully saturated rings. The predicted molar refractivity (Wildman–Crippen MR) is 125 cm³/mol. The molecular formula is C21H41N5O10. The van der Waals surface area contributed by atoms with Crippen LogP contribution in [0.25, 0.3) is 0 Å². The molecule has 0 radical (unpaired) electrons. The van der Waals surface area contributed by atoms with E-state index in [2.05, 4.69) is 5.32 Å². The normalized spacial score (nSPS) is 40.1. The molecule has 1 saturated heterocycles. The molecule has 15 heteroatoms. The molecule has 2 rings (SSSR count). The third-order valence-corrected chi connectivity index (χ3v) is 6.33. The minimum Gasteiger partial charge on any atom is -0.398 e. The predicted octanol–water partition coefficient (Wildman–Crippen LogP) is -5.70. The Labute approximate surface area is 208 Å². The van der Waals surface area contributed by atoms with Gasteiger partial charge in [-0.25, -0.2) is 0 Å². The zero-order chi connectivity index (χ0) is 27.2. The fraction of sp³-hybridized carbons (Fsp3) is 0.810. The van der Waals surface area contributed by atoms with Crippen molar-refractivity contribution in [2.24, 2.45) is 22.9 Å². The summed E-state index contributed by atoms with van der Waals surface area (Å²) in [5.74, 6) is 0. The minimum absolute atomic E-state index is 0.0472. The van der Waals surface area contributed by atoms with E-state index in [1.807, 2.05) is 0 Å². The van der Waals surface area contributed by atoms with Crippen molar-refractivity contribution in [3.63, 3.8) is 0 Å². The maximum Gasteiger partial charge on any atom is 0.198 e. The van der Waals surface area contributed by atoms with E-state index >= 15 is 0 Å². The molecule has 1 aliphatic heterocycles. The zero-order valence-electron chi connectivity index (χ0n) is 20.1. The number of hydrogen-bond donors (Lipinski definition) is 12. The minimum atomic E-state index is -1.58. The fourth-order valence-electron chi connectivity index (χ4n) is 4.04. The summed E-state index contributed by atoms with van der Waals surface area (Å²) in [4.78, 5) is 0. The maximum atomic E-state index is 10.4. The molecule has 6 unspecified atom stereocenters. The second-order valence-corrected chi connectivity index (χ2v) is 8.96. The van der Waals surface area contributed by atoms with Crippen molar-refractivity contribution in [2.75, 3.05) is 13.7 Å². The van der Waals surface area contributed by atoms with E-state index < -0.39 is 80.2 Å². The third-order valence-electron chi connectivity index (χ3n) is 6.33. The highest BCUT2D eigenvalue weighted by atomic mass is 16.7. The van der Waals surface area contributed by atoms with Gasteiger partial charge in [-0.05, 0) is 19.3 Å². The summed E-state index contributed by atoms with van der Waals surface area (Å²) in [5, 5.41) is 72.8. The van der Waals surface area contributed by atoms with Crippen molar-refractivity contribution in [3.8, 4) is 0 Å². The molecule has 0 spiro atoms. The second-order valence-electron chi connectivity index (χ2n) is 8.96. The Morgan fingerprint density at radius 3 is 2.19 bits per heavy atom. The van der Waals surface area contributed by atoms with Crippen molar-refractivity contribution in [3.05, 3.63) is 23.5 Å². The number of likely N-dealkylation sites (N-methyl/N-ethyl adjacent to an activating group) is 1. The van der Waals surface area contributed by atoms with Crippen LogP contribution in [0.5, 0.6) is 0 Å². The lowest BCUT2D eigenvalue weighted by Gasteiger charge is -2.41. The Morgan fingerprint density at radius 2 is 1.58 bits per heavy atom. The standard InChI is InChI=1S/C21H41N5O10/c1-26-11(20(33)36-21-17(31)15(29)13(25)12(7-27)34-21)5-3-2-4-8(22)19(32)35-18-10(24)6-9(23)14(28)16(18)30/h4-5,9-10,12-21,26-33H,2-3,6-7,22-25H2,1H3/b8-4+,11-5-/t9-,10?,12?,13-,14?,15+,16?,17?,18-,19-,20?,21-/m1/s1. The first-order valence-electron chi connectivity index (χ1n) is 11.7. The monoisotopic (exact) mass is 523 g/mol. The molecule has 0 amide bonds. The molecule has 1 saturated carbocycles. The van der Waals surface area contributed by atoms with Crippen LogP contribution in [0.3, 0.4) is 0 Å². The largest absolute Gasteiger partial charge is 0.398 e. The summed E-state index contributed by atoms with van der Waals surface area (Å²) in [6.07, 6.45) is -8.41. The third kappa shape index (κ3) is 7.55. The van der Waals surface area contributed by atoms with Crippen LogP contribution >= 0.6 is 0 Å². The number of hydrogen-bond acceptors (Lipinski definition) is 15. The maximum absolute atomic E-state index is 10.4. The molecule has 1 heterocycles. The molecule has 12 atom stereocenters. The lowest BCUT2D eigenvalue weighted by atomic mass is 9.85. The van der Waals surface area contributed by atoms with Gasteiger partial charge in [-0.15, -0.1) is 0 Å². The van der Waals surface area contributed by atoms with Gasteiger partial charge in [-0.3, -0.25) is 0 Å². The van der Waals surface area contributed by atoms with Gasteiger partial charge in [0.15, 0.2) is 18.9 Å². The second kappa shape index (κ2) is 13.9. The average molecular weight is 524 g/mol. The summed E-state index contributed by atoms with van der Waals surface area (Å²) in [5.41, 5.74) is 23.3. The highest BCUT2D eigenvalue weighted by Crippen LogP contribution is 2.24. The molecular weight excluding hydrogens is 482 g/mol. The van der Waals surface area contributed by atoms with Gasteiger partial charge >= 0.3 is 0 Å². The summed E-state index contributed by atoms with van der Waals surface area (Å²) in [6.45, 7) is -0.515. The summed E-state index contributed by atoms with van der Waals surface area (Å²) in [7, 11) is 1.53. The number of aliphatic hydroxyl groups is 7. The van der Waals surface area contributed by atoms with Crippen LogP contribution in [0.1, 0.15) is 19.3 Å². The van der Waals surface area contributed by atoms with E-state index in [-0.39, 0.29) is 17.8 Å². The van der Waals surface area contributed by atoms with Gasteiger partial charge in [-0.1, -0.05) is 12.2 Å². The summed E-state index contributed by atoms with van der Waals surface area (Å²) in [6, 6.07) is -2.45. The van der Waals surface area contributed by atoms with Gasteiger partial charge in [0.25, 0.3) is 0 Å². The Balaban J connectivity index is 1.89. The first-order valence-corrected chi connectivity index (χ1v) is 11.7. The van der Waals surface area contributed by atoms with E-state index in [1.165, 1.54) is 13.1 Å². The quantitative estimate of drug-likeness (QED) is 0.0887. The molecule has 36 heavy (non-hydrogen) atoms. The molecule has 0 bridgehead atoms. The van der Waals surface area contributed by atoms with Crippen molar-refractivity contribution >= 4 is 0 Å². The van der Waals surface area contributed by atoms with Gasteiger partial charge in [0.1, 0.15) is 30.5 Å². The molecule has 1 aliphatic carbocycles. The number of nitrogens with one attached hydrogen (secondary N) is 1. The van der Waals surface area contributed by atoms with E-state index in [9.17, 15) is 35.7 Å². The fourth-order valence-corrected chi connectivity index (χ4v) is 4.04. The molecule has 15 nitrogen and oxygen atoms in total. The highest BCUT2D eigenvalue weighted by Gasteiger charge is 2.44. The number of unbranched alkanes of at least 4 members (excludes halogenated alkanes) is 1. The van der Waals surface area contributed by atoms with Crippen LogP contribution < -0.4 is 28.3 Å². The Morgan fingerprint density at radius 1 is 0.944 bits per heavy atom. The molecule has 0 aromatic rings. The summed E-state index contributed by atoms with van der Waals surface area (Å²) < 4.78 is 16.0. The van der Waals surface area contributed by atoms with E-state index in [0.29, 0.717) is 12.8 Å². The van der Waals surface area contributed by atoms with Gasteiger partial charge in [-0.2, -0.15) is 0 Å². The molecule has 0 aromatic heterocycles. The van der Waals surface area contributed by atoms with Gasteiger partial charge in [0.2, 0.25) is 0 Å².